The Morgan fingerprint density at radius 3 is 2.67 bits per heavy atom. The van der Waals surface area contributed by atoms with Gasteiger partial charge in [0.2, 0.25) is 11.6 Å². The number of alkyl halides is 3. The van der Waals surface area contributed by atoms with Crippen LogP contribution in [0.4, 0.5) is 18.9 Å². The van der Waals surface area contributed by atoms with Gasteiger partial charge in [-0.15, -0.1) is 0 Å². The number of hydrogen-bond donors (Lipinski definition) is 0. The van der Waals surface area contributed by atoms with Gasteiger partial charge in [-0.05, 0) is 12.1 Å². The molecule has 0 bridgehead atoms. The zero-order valence-corrected chi connectivity index (χ0v) is 7.93. The van der Waals surface area contributed by atoms with Crippen LogP contribution in [0.3, 0.4) is 0 Å². The Labute approximate surface area is 88.3 Å². The minimum atomic E-state index is -4.47. The second-order valence-corrected chi connectivity index (χ2v) is 2.86. The van der Waals surface area contributed by atoms with Crippen molar-refractivity contribution in [3.8, 4) is 5.88 Å². The molecule has 0 fully saturated rings. The van der Waals surface area contributed by atoms with Gasteiger partial charge in [0.05, 0.1) is 6.57 Å². The van der Waals surface area contributed by atoms with E-state index in [0.717, 1.165) is 0 Å². The van der Waals surface area contributed by atoms with Gasteiger partial charge in [0, 0.05) is 0 Å². The highest BCUT2D eigenvalue weighted by molar-refractivity contribution is 6.29. The molecule has 0 aliphatic heterocycles. The van der Waals surface area contributed by atoms with Crippen LogP contribution in [0, 0.1) is 6.57 Å². The number of nitrogens with zero attached hydrogens (tertiary/aromatic N) is 2. The summed E-state index contributed by atoms with van der Waals surface area (Å²) in [6.07, 6.45) is -4.47. The van der Waals surface area contributed by atoms with E-state index < -0.39 is 18.7 Å². The van der Waals surface area contributed by atoms with E-state index in [0.29, 0.717) is 0 Å². The lowest BCUT2D eigenvalue weighted by atomic mass is 10.4. The molecule has 0 spiro atoms. The van der Waals surface area contributed by atoms with Gasteiger partial charge < -0.3 is 4.74 Å². The highest BCUT2D eigenvalue weighted by Crippen LogP contribution is 2.28. The van der Waals surface area contributed by atoms with Crippen LogP contribution in [-0.4, -0.2) is 17.8 Å². The first-order valence-corrected chi connectivity index (χ1v) is 4.04. The molecule has 0 unspecified atom stereocenters. The fraction of sp³-hybridized carbons (Fsp3) is 0.250. The van der Waals surface area contributed by atoms with Gasteiger partial charge >= 0.3 is 6.18 Å². The van der Waals surface area contributed by atoms with Crippen molar-refractivity contribution in [3.63, 3.8) is 0 Å². The van der Waals surface area contributed by atoms with E-state index in [1.165, 1.54) is 12.1 Å². The summed E-state index contributed by atoms with van der Waals surface area (Å²) >= 11 is 5.45. The predicted octanol–water partition coefficient (Wildman–Crippen LogP) is 3.23. The van der Waals surface area contributed by atoms with Crippen LogP contribution in [-0.2, 0) is 0 Å². The first-order chi connectivity index (χ1) is 6.92. The summed E-state index contributed by atoms with van der Waals surface area (Å²) in [5.74, 6) is -0.408. The average Bonchev–Trinajstić information content (AvgIpc) is 2.14. The first kappa shape index (κ1) is 11.6. The Morgan fingerprint density at radius 1 is 1.47 bits per heavy atom. The Hall–Kier alpha value is -1.48. The largest absolute Gasteiger partial charge is 0.477 e. The zero-order chi connectivity index (χ0) is 11.5. The Kier molecular flexibility index (Phi) is 3.37. The molecule has 0 radical (unpaired) electrons. The lowest BCUT2D eigenvalue weighted by Gasteiger charge is -2.09. The van der Waals surface area contributed by atoms with Gasteiger partial charge in [-0.2, -0.15) is 13.2 Å². The molecule has 0 aliphatic rings. The molecule has 0 aromatic carbocycles. The van der Waals surface area contributed by atoms with Crippen LogP contribution in [0.25, 0.3) is 4.85 Å². The van der Waals surface area contributed by atoms with Crippen LogP contribution in [0.1, 0.15) is 0 Å². The van der Waals surface area contributed by atoms with E-state index in [1.54, 1.807) is 0 Å². The summed E-state index contributed by atoms with van der Waals surface area (Å²) in [5.41, 5.74) is -0.108. The molecule has 0 saturated heterocycles. The van der Waals surface area contributed by atoms with Crippen molar-refractivity contribution in [2.24, 2.45) is 0 Å². The number of ether oxygens (including phenoxy) is 1. The first-order valence-electron chi connectivity index (χ1n) is 3.66. The summed E-state index contributed by atoms with van der Waals surface area (Å²) in [6.45, 7) is 5.17. The van der Waals surface area contributed by atoms with Crippen LogP contribution in [0.5, 0.6) is 5.88 Å². The van der Waals surface area contributed by atoms with E-state index in [2.05, 4.69) is 14.6 Å². The lowest BCUT2D eigenvalue weighted by molar-refractivity contribution is -0.153. The smallest absolute Gasteiger partial charge is 0.422 e. The standard InChI is InChI=1S/C8H4ClF3N2O/c1-13-5-2-3-6(9)14-7(5)15-4-8(10,11)12/h2-3H,4H2. The molecule has 0 aliphatic carbocycles. The molecule has 1 heterocycles. The molecule has 1 rings (SSSR count). The lowest BCUT2D eigenvalue weighted by Crippen LogP contribution is -2.19. The highest BCUT2D eigenvalue weighted by atomic mass is 35.5. The molecule has 80 valence electrons. The second-order valence-electron chi connectivity index (χ2n) is 2.47. The number of aromatic nitrogens is 1. The fourth-order valence-electron chi connectivity index (χ4n) is 0.752. The molecule has 0 saturated carbocycles. The summed E-state index contributed by atoms with van der Waals surface area (Å²) in [4.78, 5) is 6.43. The van der Waals surface area contributed by atoms with Gasteiger partial charge in [-0.25, -0.2) is 9.83 Å². The van der Waals surface area contributed by atoms with Gasteiger partial charge in [0.1, 0.15) is 5.15 Å². The van der Waals surface area contributed by atoms with Gasteiger partial charge in [0.15, 0.2) is 6.61 Å². The minimum Gasteiger partial charge on any atom is -0.477 e. The van der Waals surface area contributed by atoms with Crippen molar-refractivity contribution in [2.75, 3.05) is 6.61 Å². The van der Waals surface area contributed by atoms with Crippen molar-refractivity contribution in [1.29, 1.82) is 0 Å². The van der Waals surface area contributed by atoms with E-state index in [1.807, 2.05) is 0 Å². The summed E-state index contributed by atoms with van der Waals surface area (Å²) < 4.78 is 39.8. The fourth-order valence-corrected chi connectivity index (χ4v) is 0.892. The maximum absolute atomic E-state index is 11.8. The van der Waals surface area contributed by atoms with Crippen LogP contribution < -0.4 is 4.74 Å². The van der Waals surface area contributed by atoms with E-state index in [4.69, 9.17) is 18.2 Å². The molecule has 1 aromatic rings. The van der Waals surface area contributed by atoms with Crippen molar-refractivity contribution < 1.29 is 17.9 Å². The quantitative estimate of drug-likeness (QED) is 0.582. The third kappa shape index (κ3) is 3.64. The topological polar surface area (TPSA) is 26.5 Å². The van der Waals surface area contributed by atoms with Crippen molar-refractivity contribution in [2.45, 2.75) is 6.18 Å². The zero-order valence-electron chi connectivity index (χ0n) is 7.18. The van der Waals surface area contributed by atoms with Gasteiger partial charge in [-0.3, -0.25) is 0 Å². The Morgan fingerprint density at radius 2 is 2.13 bits per heavy atom. The van der Waals surface area contributed by atoms with Crippen LogP contribution >= 0.6 is 11.6 Å². The summed E-state index contributed by atoms with van der Waals surface area (Å²) in [6, 6.07) is 2.55. The molecular weight excluding hydrogens is 233 g/mol. The summed E-state index contributed by atoms with van der Waals surface area (Å²) in [5, 5.41) is -0.0282. The molecule has 7 heteroatoms. The molecule has 3 nitrogen and oxygen atoms in total. The number of halogens is 4. The van der Waals surface area contributed by atoms with E-state index in [9.17, 15) is 13.2 Å². The van der Waals surface area contributed by atoms with Crippen LogP contribution in [0.2, 0.25) is 5.15 Å². The van der Waals surface area contributed by atoms with Crippen LogP contribution in [0.15, 0.2) is 12.1 Å². The number of pyridine rings is 1. The average molecular weight is 237 g/mol. The molecule has 1 aromatic heterocycles. The molecule has 0 N–H and O–H groups in total. The highest BCUT2D eigenvalue weighted by Gasteiger charge is 2.29. The maximum atomic E-state index is 11.8. The molecular formula is C8H4ClF3N2O. The second kappa shape index (κ2) is 4.36. The Balaban J connectivity index is 2.85. The third-order valence-corrected chi connectivity index (χ3v) is 1.51. The SMILES string of the molecule is [C-]#[N+]c1ccc(Cl)nc1OCC(F)(F)F. The number of hydrogen-bond acceptors (Lipinski definition) is 2. The molecule has 0 amide bonds. The predicted molar refractivity (Wildman–Crippen MR) is 47.1 cm³/mol. The monoisotopic (exact) mass is 236 g/mol. The molecule has 15 heavy (non-hydrogen) atoms. The third-order valence-electron chi connectivity index (χ3n) is 1.30. The Bertz CT molecular complexity index is 400. The number of rotatable bonds is 2. The van der Waals surface area contributed by atoms with Crippen molar-refractivity contribution in [1.82, 2.24) is 4.98 Å². The molecule has 0 atom stereocenters. The normalized spacial score (nSPS) is 10.9. The van der Waals surface area contributed by atoms with E-state index in [-0.39, 0.29) is 10.8 Å². The maximum Gasteiger partial charge on any atom is 0.422 e. The van der Waals surface area contributed by atoms with Gasteiger partial charge in [-0.1, -0.05) is 11.6 Å². The minimum absolute atomic E-state index is 0.0282. The van der Waals surface area contributed by atoms with Gasteiger partial charge in [0.25, 0.3) is 0 Å². The van der Waals surface area contributed by atoms with Crippen molar-refractivity contribution >= 4 is 17.3 Å². The van der Waals surface area contributed by atoms with E-state index >= 15 is 0 Å². The van der Waals surface area contributed by atoms with Crippen molar-refractivity contribution in [3.05, 3.63) is 28.7 Å². The summed E-state index contributed by atoms with van der Waals surface area (Å²) in [7, 11) is 0.